The van der Waals surface area contributed by atoms with Gasteiger partial charge in [-0.1, -0.05) is 32.0 Å². The minimum atomic E-state index is -0.487. The zero-order chi connectivity index (χ0) is 24.2. The molecule has 4 rings (SSSR count). The van der Waals surface area contributed by atoms with Crippen molar-refractivity contribution in [3.63, 3.8) is 0 Å². The highest BCUT2D eigenvalue weighted by molar-refractivity contribution is 6.01. The van der Waals surface area contributed by atoms with Crippen LogP contribution >= 0.6 is 0 Å². The van der Waals surface area contributed by atoms with Crippen LogP contribution in [-0.2, 0) is 11.2 Å². The predicted octanol–water partition coefficient (Wildman–Crippen LogP) is 3.39. The molecule has 0 aliphatic carbocycles. The van der Waals surface area contributed by atoms with Crippen molar-refractivity contribution < 1.29 is 19.1 Å². The van der Waals surface area contributed by atoms with Crippen LogP contribution in [0.25, 0.3) is 0 Å². The molecule has 1 N–H and O–H groups in total. The van der Waals surface area contributed by atoms with E-state index in [1.54, 1.807) is 14.2 Å². The second-order valence-corrected chi connectivity index (χ2v) is 8.84. The Kier molecular flexibility index (Phi) is 7.41. The SMILES string of the molecule is CCN(CC)CCCNC(=O)[C@@H]1c2ccccc2C(=O)N2CCc3cc(OC)c(OC)cc3[C@@H]12. The molecule has 0 fully saturated rings. The summed E-state index contributed by atoms with van der Waals surface area (Å²) in [6, 6.07) is 11.1. The minimum absolute atomic E-state index is 0.0216. The van der Waals surface area contributed by atoms with Crippen LogP contribution in [0, 0.1) is 0 Å². The highest BCUT2D eigenvalue weighted by Crippen LogP contribution is 2.48. The predicted molar refractivity (Wildman–Crippen MR) is 132 cm³/mol. The Labute approximate surface area is 202 Å². The summed E-state index contributed by atoms with van der Waals surface area (Å²) >= 11 is 0. The number of nitrogens with zero attached hydrogens (tertiary/aromatic N) is 2. The summed E-state index contributed by atoms with van der Waals surface area (Å²) in [4.78, 5) is 31.3. The zero-order valence-corrected chi connectivity index (χ0v) is 20.6. The largest absolute Gasteiger partial charge is 0.493 e. The van der Waals surface area contributed by atoms with Gasteiger partial charge in [-0.25, -0.2) is 0 Å². The van der Waals surface area contributed by atoms with E-state index in [4.69, 9.17) is 9.47 Å². The quantitative estimate of drug-likeness (QED) is 0.575. The first-order valence-corrected chi connectivity index (χ1v) is 12.2. The van der Waals surface area contributed by atoms with E-state index in [-0.39, 0.29) is 17.9 Å². The summed E-state index contributed by atoms with van der Waals surface area (Å²) < 4.78 is 11.1. The van der Waals surface area contributed by atoms with Gasteiger partial charge < -0.3 is 24.6 Å². The second kappa shape index (κ2) is 10.5. The molecule has 0 saturated carbocycles. The average molecular weight is 466 g/mol. The number of nitrogens with one attached hydrogen (secondary N) is 1. The van der Waals surface area contributed by atoms with Crippen LogP contribution in [0.5, 0.6) is 11.5 Å². The van der Waals surface area contributed by atoms with Gasteiger partial charge in [0, 0.05) is 18.7 Å². The molecule has 2 heterocycles. The molecule has 2 aromatic carbocycles. The number of fused-ring (bicyclic) bond motifs is 4. The van der Waals surface area contributed by atoms with Crippen molar-refractivity contribution in [3.05, 3.63) is 58.7 Å². The van der Waals surface area contributed by atoms with E-state index >= 15 is 0 Å². The van der Waals surface area contributed by atoms with Gasteiger partial charge in [0.05, 0.1) is 26.2 Å². The van der Waals surface area contributed by atoms with Gasteiger partial charge in [0.2, 0.25) is 5.91 Å². The van der Waals surface area contributed by atoms with E-state index < -0.39 is 5.92 Å². The van der Waals surface area contributed by atoms with Gasteiger partial charge in [0.25, 0.3) is 5.91 Å². The third-order valence-electron chi connectivity index (χ3n) is 7.15. The van der Waals surface area contributed by atoms with Crippen LogP contribution in [0.4, 0.5) is 0 Å². The van der Waals surface area contributed by atoms with Gasteiger partial charge in [-0.15, -0.1) is 0 Å². The number of carbonyl (C=O) groups is 2. The Morgan fingerprint density at radius 3 is 2.50 bits per heavy atom. The molecule has 0 radical (unpaired) electrons. The maximum absolute atomic E-state index is 13.7. The number of methoxy groups -OCH3 is 2. The maximum atomic E-state index is 13.7. The topological polar surface area (TPSA) is 71.1 Å². The molecular formula is C27H35N3O4. The second-order valence-electron chi connectivity index (χ2n) is 8.84. The molecule has 2 aliphatic heterocycles. The van der Waals surface area contributed by atoms with Crippen LogP contribution in [0.3, 0.4) is 0 Å². The highest BCUT2D eigenvalue weighted by Gasteiger charge is 2.46. The lowest BCUT2D eigenvalue weighted by Gasteiger charge is -2.45. The maximum Gasteiger partial charge on any atom is 0.254 e. The van der Waals surface area contributed by atoms with Crippen LogP contribution in [0.15, 0.2) is 36.4 Å². The van der Waals surface area contributed by atoms with Crippen molar-refractivity contribution in [1.82, 2.24) is 15.1 Å². The Morgan fingerprint density at radius 1 is 1.09 bits per heavy atom. The fourth-order valence-corrected chi connectivity index (χ4v) is 5.30. The molecule has 0 bridgehead atoms. The Hall–Kier alpha value is -3.06. The van der Waals surface area contributed by atoms with Crippen LogP contribution in [0.2, 0.25) is 0 Å². The molecule has 2 aliphatic rings. The van der Waals surface area contributed by atoms with E-state index in [0.29, 0.717) is 36.6 Å². The Balaban J connectivity index is 1.69. The zero-order valence-electron chi connectivity index (χ0n) is 20.6. The van der Waals surface area contributed by atoms with Gasteiger partial charge in [-0.3, -0.25) is 9.59 Å². The van der Waals surface area contributed by atoms with Gasteiger partial charge in [-0.05, 0) is 67.4 Å². The third kappa shape index (κ3) is 4.37. The molecule has 0 aromatic heterocycles. The van der Waals surface area contributed by atoms with E-state index in [1.165, 1.54) is 0 Å². The van der Waals surface area contributed by atoms with Gasteiger partial charge in [0.15, 0.2) is 11.5 Å². The summed E-state index contributed by atoms with van der Waals surface area (Å²) in [6.07, 6.45) is 1.59. The number of carbonyl (C=O) groups excluding carboxylic acids is 2. The van der Waals surface area contributed by atoms with Crippen molar-refractivity contribution in [2.45, 2.75) is 38.6 Å². The number of benzene rings is 2. The summed E-state index contributed by atoms with van der Waals surface area (Å²) in [5.41, 5.74) is 3.45. The number of ether oxygens (including phenoxy) is 2. The summed E-state index contributed by atoms with van der Waals surface area (Å²) in [6.45, 7) is 8.41. The van der Waals surface area contributed by atoms with Crippen molar-refractivity contribution in [2.24, 2.45) is 0 Å². The molecule has 0 unspecified atom stereocenters. The highest BCUT2D eigenvalue weighted by atomic mass is 16.5. The molecule has 182 valence electrons. The molecule has 34 heavy (non-hydrogen) atoms. The summed E-state index contributed by atoms with van der Waals surface area (Å²) in [7, 11) is 3.22. The van der Waals surface area contributed by atoms with Crippen molar-refractivity contribution in [3.8, 4) is 11.5 Å². The van der Waals surface area contributed by atoms with Crippen LogP contribution < -0.4 is 14.8 Å². The molecular weight excluding hydrogens is 430 g/mol. The fourth-order valence-electron chi connectivity index (χ4n) is 5.30. The van der Waals surface area contributed by atoms with Crippen LogP contribution in [0.1, 0.15) is 59.3 Å². The molecule has 2 atom stereocenters. The van der Waals surface area contributed by atoms with E-state index in [1.807, 2.05) is 41.3 Å². The summed E-state index contributed by atoms with van der Waals surface area (Å²) in [5, 5.41) is 3.17. The number of hydrogen-bond donors (Lipinski definition) is 1. The Morgan fingerprint density at radius 2 is 1.79 bits per heavy atom. The van der Waals surface area contributed by atoms with Crippen LogP contribution in [-0.4, -0.2) is 68.6 Å². The minimum Gasteiger partial charge on any atom is -0.493 e. The van der Waals surface area contributed by atoms with Crippen molar-refractivity contribution >= 4 is 11.8 Å². The molecule has 0 spiro atoms. The van der Waals surface area contributed by atoms with Crippen molar-refractivity contribution in [1.29, 1.82) is 0 Å². The van der Waals surface area contributed by atoms with Gasteiger partial charge >= 0.3 is 0 Å². The standard InChI is InChI=1S/C27H35N3O4/c1-5-29(6-2)14-9-13-28-26(31)24-19-10-7-8-11-20(19)27(32)30-15-12-18-16-22(33-3)23(34-4)17-21(18)25(24)30/h7-8,10-11,16-17,24-25H,5-6,9,12-15H2,1-4H3,(H,28,31)/t24-,25+/m1/s1. The average Bonchev–Trinajstić information content (AvgIpc) is 2.87. The molecule has 7 nitrogen and oxygen atoms in total. The first kappa shape index (κ1) is 24.1. The summed E-state index contributed by atoms with van der Waals surface area (Å²) in [5.74, 6) is 0.714. The monoisotopic (exact) mass is 465 g/mol. The molecule has 2 aromatic rings. The lowest BCUT2D eigenvalue weighted by Crippen LogP contribution is -2.50. The lowest BCUT2D eigenvalue weighted by molar-refractivity contribution is -0.124. The van der Waals surface area contributed by atoms with Crippen molar-refractivity contribution in [2.75, 3.05) is 46.9 Å². The number of rotatable bonds is 9. The smallest absolute Gasteiger partial charge is 0.254 e. The first-order chi connectivity index (χ1) is 16.5. The lowest BCUT2D eigenvalue weighted by atomic mass is 9.75. The molecule has 7 heteroatoms. The van der Waals surface area contributed by atoms with E-state index in [0.717, 1.165) is 42.7 Å². The van der Waals surface area contributed by atoms with E-state index in [2.05, 4.69) is 24.1 Å². The first-order valence-electron chi connectivity index (χ1n) is 12.2. The van der Waals surface area contributed by atoms with E-state index in [9.17, 15) is 9.59 Å². The fraction of sp³-hybridized carbons (Fsp3) is 0.481. The number of hydrogen-bond acceptors (Lipinski definition) is 5. The molecule has 0 saturated heterocycles. The number of amides is 2. The Bertz CT molecular complexity index is 1050. The van der Waals surface area contributed by atoms with Gasteiger partial charge in [0.1, 0.15) is 0 Å². The van der Waals surface area contributed by atoms with Gasteiger partial charge in [-0.2, -0.15) is 0 Å². The molecule has 2 amide bonds. The third-order valence-corrected chi connectivity index (χ3v) is 7.15. The normalized spacial score (nSPS) is 18.7.